The van der Waals surface area contributed by atoms with Crippen LogP contribution in [0, 0.1) is 0 Å². The van der Waals surface area contributed by atoms with Crippen molar-refractivity contribution < 1.29 is 0 Å². The molecule has 1 N–H and O–H groups in total. The third-order valence-corrected chi connectivity index (χ3v) is 3.67. The maximum Gasteiger partial charge on any atom is 0.0948 e. The molecule has 0 unspecified atom stereocenters. The highest BCUT2D eigenvalue weighted by atomic mass is 35.5. The number of benzene rings is 1. The number of fused-ring (bicyclic) bond motifs is 1. The number of anilines is 1. The summed E-state index contributed by atoms with van der Waals surface area (Å²) < 4.78 is 1.97. The van der Waals surface area contributed by atoms with Crippen LogP contribution in [0.4, 0.5) is 5.69 Å². The van der Waals surface area contributed by atoms with Gasteiger partial charge >= 0.3 is 0 Å². The van der Waals surface area contributed by atoms with Crippen LogP contribution in [0.3, 0.4) is 0 Å². The molecule has 3 rings (SSSR count). The van der Waals surface area contributed by atoms with Crippen LogP contribution in [0.5, 0.6) is 0 Å². The smallest absolute Gasteiger partial charge is 0.0948 e. The maximum absolute atomic E-state index is 6.20. The molecule has 108 valence electrons. The van der Waals surface area contributed by atoms with Crippen molar-refractivity contribution in [1.82, 2.24) is 14.8 Å². The lowest BCUT2D eigenvalue weighted by Gasteiger charge is -2.09. The van der Waals surface area contributed by atoms with E-state index in [1.165, 1.54) is 0 Å². The second-order valence-corrected chi connectivity index (χ2v) is 5.37. The average Bonchev–Trinajstić information content (AvgIpc) is 2.95. The summed E-state index contributed by atoms with van der Waals surface area (Å²) in [6, 6.07) is 7.74. The van der Waals surface area contributed by atoms with E-state index in [1.54, 1.807) is 6.20 Å². The summed E-state index contributed by atoms with van der Waals surface area (Å²) in [4.78, 5) is 4.42. The molecule has 0 radical (unpaired) electrons. The van der Waals surface area contributed by atoms with Gasteiger partial charge in [-0.2, -0.15) is 5.10 Å². The van der Waals surface area contributed by atoms with Crippen molar-refractivity contribution in [2.45, 2.75) is 26.4 Å². The number of nitrogens with one attached hydrogen (secondary N) is 1. The Labute approximate surface area is 128 Å². The van der Waals surface area contributed by atoms with Crippen LogP contribution in [0.1, 0.15) is 18.9 Å². The van der Waals surface area contributed by atoms with Gasteiger partial charge in [0.1, 0.15) is 0 Å². The molecule has 0 spiro atoms. The fourth-order valence-electron chi connectivity index (χ4n) is 2.33. The third-order valence-electron chi connectivity index (χ3n) is 3.34. The van der Waals surface area contributed by atoms with Crippen LogP contribution in [-0.4, -0.2) is 14.8 Å². The van der Waals surface area contributed by atoms with Crippen molar-refractivity contribution in [3.63, 3.8) is 0 Å². The van der Waals surface area contributed by atoms with Gasteiger partial charge in [-0.1, -0.05) is 18.5 Å². The number of aryl methyl sites for hydroxylation is 1. The van der Waals surface area contributed by atoms with E-state index in [-0.39, 0.29) is 0 Å². The molecule has 0 saturated carbocycles. The van der Waals surface area contributed by atoms with Crippen molar-refractivity contribution in [1.29, 1.82) is 0 Å². The second-order valence-electron chi connectivity index (χ2n) is 4.96. The van der Waals surface area contributed by atoms with Gasteiger partial charge < -0.3 is 5.32 Å². The largest absolute Gasteiger partial charge is 0.379 e. The Balaban J connectivity index is 1.80. The summed E-state index contributed by atoms with van der Waals surface area (Å²) in [6.07, 6.45) is 6.83. The molecule has 2 heterocycles. The molecule has 0 aliphatic heterocycles. The zero-order chi connectivity index (χ0) is 14.7. The zero-order valence-corrected chi connectivity index (χ0v) is 12.6. The topological polar surface area (TPSA) is 42.7 Å². The molecular formula is C16H17ClN4. The molecule has 0 atom stereocenters. The predicted molar refractivity (Wildman–Crippen MR) is 86.6 cm³/mol. The average molecular weight is 301 g/mol. The molecule has 1 aromatic carbocycles. The van der Waals surface area contributed by atoms with Crippen molar-refractivity contribution >= 4 is 28.2 Å². The summed E-state index contributed by atoms with van der Waals surface area (Å²) in [5.74, 6) is 0. The Bertz CT molecular complexity index is 751. The number of pyridine rings is 1. The highest BCUT2D eigenvalue weighted by Gasteiger charge is 2.06. The Hall–Kier alpha value is -2.07. The summed E-state index contributed by atoms with van der Waals surface area (Å²) in [5.41, 5.74) is 3.03. The fourth-order valence-corrected chi connectivity index (χ4v) is 2.54. The number of halogens is 1. The molecule has 4 nitrogen and oxygen atoms in total. The number of hydrogen-bond acceptors (Lipinski definition) is 3. The fraction of sp³-hybridized carbons (Fsp3) is 0.250. The van der Waals surface area contributed by atoms with Gasteiger partial charge in [0.25, 0.3) is 0 Å². The normalized spacial score (nSPS) is 11.0. The van der Waals surface area contributed by atoms with Crippen molar-refractivity contribution in [2.24, 2.45) is 0 Å². The standard InChI is InChI=1S/C16H17ClN4/c1-2-8-21-11-12(10-20-21)9-19-15-6-5-14(17)13-4-3-7-18-16(13)15/h3-7,10-11,19H,2,8-9H2,1H3. The summed E-state index contributed by atoms with van der Waals surface area (Å²) in [6.45, 7) is 3.81. The van der Waals surface area contributed by atoms with E-state index >= 15 is 0 Å². The predicted octanol–water partition coefficient (Wildman–Crippen LogP) is 4.11. The van der Waals surface area contributed by atoms with Crippen LogP contribution >= 0.6 is 11.6 Å². The molecule has 0 fully saturated rings. The molecule has 3 aromatic rings. The molecule has 2 aromatic heterocycles. The lowest BCUT2D eigenvalue weighted by Crippen LogP contribution is -2.00. The first kappa shape index (κ1) is 13.9. The van der Waals surface area contributed by atoms with E-state index < -0.39 is 0 Å². The van der Waals surface area contributed by atoms with Crippen molar-refractivity contribution in [3.8, 4) is 0 Å². The molecule has 21 heavy (non-hydrogen) atoms. The third kappa shape index (κ3) is 3.00. The monoisotopic (exact) mass is 300 g/mol. The molecule has 0 amide bonds. The first-order valence-electron chi connectivity index (χ1n) is 7.06. The van der Waals surface area contributed by atoms with Crippen LogP contribution in [0.15, 0.2) is 42.9 Å². The minimum Gasteiger partial charge on any atom is -0.379 e. The van der Waals surface area contributed by atoms with Crippen LogP contribution in [-0.2, 0) is 13.1 Å². The van der Waals surface area contributed by atoms with Gasteiger partial charge in [0, 0.05) is 36.4 Å². The number of rotatable bonds is 5. The lowest BCUT2D eigenvalue weighted by molar-refractivity contribution is 0.602. The van der Waals surface area contributed by atoms with Gasteiger partial charge in [-0.25, -0.2) is 0 Å². The molecule has 5 heteroatoms. The first-order chi connectivity index (χ1) is 10.3. The van der Waals surface area contributed by atoms with Gasteiger partial charge in [-0.3, -0.25) is 9.67 Å². The van der Waals surface area contributed by atoms with E-state index in [4.69, 9.17) is 11.6 Å². The van der Waals surface area contributed by atoms with Gasteiger partial charge in [-0.15, -0.1) is 0 Å². The van der Waals surface area contributed by atoms with Gasteiger partial charge in [0.2, 0.25) is 0 Å². The molecule has 0 bridgehead atoms. The Morgan fingerprint density at radius 2 is 2.19 bits per heavy atom. The van der Waals surface area contributed by atoms with Crippen molar-refractivity contribution in [2.75, 3.05) is 5.32 Å². The Morgan fingerprint density at radius 3 is 3.05 bits per heavy atom. The van der Waals surface area contributed by atoms with E-state index in [9.17, 15) is 0 Å². The highest BCUT2D eigenvalue weighted by Crippen LogP contribution is 2.28. The molecule has 0 aliphatic rings. The van der Waals surface area contributed by atoms with E-state index in [0.29, 0.717) is 0 Å². The lowest BCUT2D eigenvalue weighted by atomic mass is 10.2. The zero-order valence-electron chi connectivity index (χ0n) is 11.9. The molecule has 0 aliphatic carbocycles. The number of aromatic nitrogens is 3. The van der Waals surface area contributed by atoms with Crippen LogP contribution < -0.4 is 5.32 Å². The van der Waals surface area contributed by atoms with E-state index in [2.05, 4.69) is 28.5 Å². The van der Waals surface area contributed by atoms with E-state index in [1.807, 2.05) is 35.1 Å². The second kappa shape index (κ2) is 6.14. The summed E-state index contributed by atoms with van der Waals surface area (Å²) in [7, 11) is 0. The van der Waals surface area contributed by atoms with Gasteiger partial charge in [0.05, 0.1) is 22.4 Å². The van der Waals surface area contributed by atoms with Crippen LogP contribution in [0.25, 0.3) is 10.9 Å². The molecular weight excluding hydrogens is 284 g/mol. The van der Waals surface area contributed by atoms with E-state index in [0.717, 1.165) is 46.7 Å². The SMILES string of the molecule is CCCn1cc(CNc2ccc(Cl)c3cccnc23)cn1. The first-order valence-corrected chi connectivity index (χ1v) is 7.44. The molecule has 0 saturated heterocycles. The quantitative estimate of drug-likeness (QED) is 0.771. The van der Waals surface area contributed by atoms with Crippen molar-refractivity contribution in [3.05, 3.63) is 53.4 Å². The maximum atomic E-state index is 6.20. The van der Waals surface area contributed by atoms with Gasteiger partial charge in [0.15, 0.2) is 0 Å². The Kier molecular flexibility index (Phi) is 4.06. The highest BCUT2D eigenvalue weighted by molar-refractivity contribution is 6.35. The minimum absolute atomic E-state index is 0.719. The van der Waals surface area contributed by atoms with Gasteiger partial charge in [-0.05, 0) is 30.7 Å². The summed E-state index contributed by atoms with van der Waals surface area (Å²) >= 11 is 6.20. The Morgan fingerprint density at radius 1 is 1.29 bits per heavy atom. The van der Waals surface area contributed by atoms with Crippen LogP contribution in [0.2, 0.25) is 5.02 Å². The minimum atomic E-state index is 0.719. The number of nitrogens with zero attached hydrogens (tertiary/aromatic N) is 3. The summed E-state index contributed by atoms with van der Waals surface area (Å²) in [5, 5.41) is 9.43. The number of hydrogen-bond donors (Lipinski definition) is 1.